The molecule has 0 bridgehead atoms. The van der Waals surface area contributed by atoms with Crippen LogP contribution in [0.4, 0.5) is 4.39 Å². The summed E-state index contributed by atoms with van der Waals surface area (Å²) in [6.45, 7) is 0. The molecule has 4 nitrogen and oxygen atoms in total. The summed E-state index contributed by atoms with van der Waals surface area (Å²) in [6.07, 6.45) is 0. The highest BCUT2D eigenvalue weighted by molar-refractivity contribution is 6.58. The Kier molecular flexibility index (Phi) is 3.44. The molecule has 0 heterocycles. The zero-order chi connectivity index (χ0) is 11.6. The van der Waals surface area contributed by atoms with E-state index in [4.69, 9.17) is 10.0 Å². The van der Waals surface area contributed by atoms with Gasteiger partial charge in [0.2, 0.25) is 0 Å². The van der Waals surface area contributed by atoms with Gasteiger partial charge in [0.15, 0.2) is 0 Å². The van der Waals surface area contributed by atoms with Gasteiger partial charge >= 0.3 is 7.12 Å². The Bertz CT molecular complexity index is 382. The molecule has 0 spiro atoms. The molecule has 0 atom stereocenters. The van der Waals surface area contributed by atoms with Gasteiger partial charge in [-0.1, -0.05) is 0 Å². The summed E-state index contributed by atoms with van der Waals surface area (Å²) in [5.74, 6) is -1.07. The van der Waals surface area contributed by atoms with E-state index in [1.165, 1.54) is 11.0 Å². The van der Waals surface area contributed by atoms with Gasteiger partial charge in [-0.15, -0.1) is 0 Å². The number of rotatable bonds is 2. The van der Waals surface area contributed by atoms with E-state index in [9.17, 15) is 9.18 Å². The highest BCUT2D eigenvalue weighted by Gasteiger charge is 2.19. The number of nitrogens with zero attached hydrogens (tertiary/aromatic N) is 1. The molecule has 1 aromatic rings. The Labute approximate surface area is 87.1 Å². The second-order valence-corrected chi connectivity index (χ2v) is 3.31. The van der Waals surface area contributed by atoms with E-state index in [-0.39, 0.29) is 16.9 Å². The first-order valence-corrected chi connectivity index (χ1v) is 4.30. The predicted octanol–water partition coefficient (Wildman–Crippen LogP) is -0.793. The van der Waals surface area contributed by atoms with Crippen molar-refractivity contribution in [1.29, 1.82) is 0 Å². The number of amides is 1. The SMILES string of the molecule is CN(C)C(=O)c1ccc(F)c(B(O)O)c1. The molecule has 0 aromatic heterocycles. The summed E-state index contributed by atoms with van der Waals surface area (Å²) < 4.78 is 13.0. The average Bonchev–Trinajstić information content (AvgIpc) is 2.16. The molecule has 0 aliphatic heterocycles. The van der Waals surface area contributed by atoms with E-state index in [1.807, 2.05) is 0 Å². The maximum Gasteiger partial charge on any atom is 0.491 e. The van der Waals surface area contributed by atoms with E-state index in [0.717, 1.165) is 12.1 Å². The van der Waals surface area contributed by atoms with Crippen LogP contribution in [0.1, 0.15) is 10.4 Å². The standard InChI is InChI=1S/C9H11BFNO3/c1-12(2)9(13)6-3-4-8(11)7(5-6)10(14)15/h3-5,14-15H,1-2H3. The number of hydrogen-bond acceptors (Lipinski definition) is 3. The molecule has 0 aliphatic rings. The fourth-order valence-electron chi connectivity index (χ4n) is 1.13. The Morgan fingerprint density at radius 2 is 2.00 bits per heavy atom. The molecule has 0 saturated carbocycles. The van der Waals surface area contributed by atoms with Crippen molar-refractivity contribution in [2.75, 3.05) is 14.1 Å². The van der Waals surface area contributed by atoms with Crippen LogP contribution in [-0.2, 0) is 0 Å². The third-order valence-electron chi connectivity index (χ3n) is 1.93. The van der Waals surface area contributed by atoms with Crippen molar-refractivity contribution in [1.82, 2.24) is 4.90 Å². The smallest absolute Gasteiger partial charge is 0.423 e. The van der Waals surface area contributed by atoms with Crippen LogP contribution < -0.4 is 5.46 Å². The molecule has 2 N–H and O–H groups in total. The lowest BCUT2D eigenvalue weighted by molar-refractivity contribution is 0.0827. The van der Waals surface area contributed by atoms with E-state index < -0.39 is 12.9 Å². The zero-order valence-corrected chi connectivity index (χ0v) is 8.44. The van der Waals surface area contributed by atoms with Crippen molar-refractivity contribution in [3.63, 3.8) is 0 Å². The van der Waals surface area contributed by atoms with E-state index in [1.54, 1.807) is 14.1 Å². The first kappa shape index (κ1) is 11.7. The van der Waals surface area contributed by atoms with Crippen LogP contribution in [-0.4, -0.2) is 42.1 Å². The molecular weight excluding hydrogens is 200 g/mol. The molecule has 0 radical (unpaired) electrons. The fourth-order valence-corrected chi connectivity index (χ4v) is 1.13. The molecule has 80 valence electrons. The van der Waals surface area contributed by atoms with Gasteiger partial charge in [0.1, 0.15) is 5.82 Å². The Balaban J connectivity index is 3.13. The monoisotopic (exact) mass is 211 g/mol. The largest absolute Gasteiger partial charge is 0.491 e. The lowest BCUT2D eigenvalue weighted by atomic mass is 9.79. The summed E-state index contributed by atoms with van der Waals surface area (Å²) in [7, 11) is 1.20. The number of carbonyl (C=O) groups is 1. The molecule has 6 heteroatoms. The summed E-state index contributed by atoms with van der Waals surface area (Å²) in [5.41, 5.74) is -0.0906. The number of benzene rings is 1. The lowest BCUT2D eigenvalue weighted by Crippen LogP contribution is -2.34. The van der Waals surface area contributed by atoms with Crippen molar-refractivity contribution >= 4 is 18.5 Å². The third kappa shape index (κ3) is 2.54. The Morgan fingerprint density at radius 3 is 2.47 bits per heavy atom. The maximum absolute atomic E-state index is 13.0. The van der Waals surface area contributed by atoms with E-state index in [2.05, 4.69) is 0 Å². The normalized spacial score (nSPS) is 9.93. The van der Waals surface area contributed by atoms with Crippen molar-refractivity contribution in [2.45, 2.75) is 0 Å². The number of halogens is 1. The van der Waals surface area contributed by atoms with Gasteiger partial charge in [-0.3, -0.25) is 4.79 Å². The van der Waals surface area contributed by atoms with Crippen LogP contribution in [0.5, 0.6) is 0 Å². The van der Waals surface area contributed by atoms with Gasteiger partial charge < -0.3 is 14.9 Å². The number of hydrogen-bond donors (Lipinski definition) is 2. The van der Waals surface area contributed by atoms with Gasteiger partial charge in [-0.2, -0.15) is 0 Å². The van der Waals surface area contributed by atoms with Gasteiger partial charge in [0.25, 0.3) is 5.91 Å². The average molecular weight is 211 g/mol. The molecule has 0 unspecified atom stereocenters. The second-order valence-electron chi connectivity index (χ2n) is 3.31. The minimum Gasteiger partial charge on any atom is -0.423 e. The lowest BCUT2D eigenvalue weighted by Gasteiger charge is -2.11. The molecule has 0 saturated heterocycles. The minimum atomic E-state index is -1.92. The van der Waals surface area contributed by atoms with Crippen LogP contribution in [0.25, 0.3) is 0 Å². The predicted molar refractivity (Wildman–Crippen MR) is 54.2 cm³/mol. The van der Waals surface area contributed by atoms with Crippen LogP contribution in [0.2, 0.25) is 0 Å². The summed E-state index contributed by atoms with van der Waals surface area (Å²) in [6, 6.07) is 3.46. The molecule has 0 aliphatic carbocycles. The molecular formula is C9H11BFNO3. The Hall–Kier alpha value is -1.40. The van der Waals surface area contributed by atoms with Crippen molar-refractivity contribution < 1.29 is 19.2 Å². The quantitative estimate of drug-likeness (QED) is 0.630. The van der Waals surface area contributed by atoms with Crippen LogP contribution >= 0.6 is 0 Å². The van der Waals surface area contributed by atoms with Gasteiger partial charge in [-0.05, 0) is 18.2 Å². The molecule has 1 aromatic carbocycles. The molecule has 15 heavy (non-hydrogen) atoms. The van der Waals surface area contributed by atoms with Crippen LogP contribution in [0.3, 0.4) is 0 Å². The summed E-state index contributed by atoms with van der Waals surface area (Å²) >= 11 is 0. The van der Waals surface area contributed by atoms with Crippen molar-refractivity contribution in [3.05, 3.63) is 29.6 Å². The third-order valence-corrected chi connectivity index (χ3v) is 1.93. The first-order chi connectivity index (χ1) is 6.93. The highest BCUT2D eigenvalue weighted by atomic mass is 19.1. The summed E-state index contributed by atoms with van der Waals surface area (Å²) in [4.78, 5) is 12.8. The second kappa shape index (κ2) is 4.42. The summed E-state index contributed by atoms with van der Waals surface area (Å²) in [5, 5.41) is 17.7. The van der Waals surface area contributed by atoms with E-state index in [0.29, 0.717) is 0 Å². The zero-order valence-electron chi connectivity index (χ0n) is 8.44. The van der Waals surface area contributed by atoms with Gasteiger partial charge in [-0.25, -0.2) is 4.39 Å². The highest BCUT2D eigenvalue weighted by Crippen LogP contribution is 2.03. The fraction of sp³-hybridized carbons (Fsp3) is 0.222. The Morgan fingerprint density at radius 1 is 1.40 bits per heavy atom. The topological polar surface area (TPSA) is 60.8 Å². The molecule has 0 fully saturated rings. The van der Waals surface area contributed by atoms with Crippen molar-refractivity contribution in [2.24, 2.45) is 0 Å². The van der Waals surface area contributed by atoms with E-state index >= 15 is 0 Å². The first-order valence-electron chi connectivity index (χ1n) is 4.30. The number of carbonyl (C=O) groups excluding carboxylic acids is 1. The van der Waals surface area contributed by atoms with Gasteiger partial charge in [0.05, 0.1) is 0 Å². The maximum atomic E-state index is 13.0. The van der Waals surface area contributed by atoms with Gasteiger partial charge in [0, 0.05) is 25.1 Å². The molecule has 1 amide bonds. The molecule has 1 rings (SSSR count). The van der Waals surface area contributed by atoms with Crippen LogP contribution in [0.15, 0.2) is 18.2 Å². The van der Waals surface area contributed by atoms with Crippen molar-refractivity contribution in [3.8, 4) is 0 Å². The van der Waals surface area contributed by atoms with Crippen LogP contribution in [0, 0.1) is 5.82 Å². The minimum absolute atomic E-state index is 0.213.